The van der Waals surface area contributed by atoms with Gasteiger partial charge in [-0.3, -0.25) is 9.59 Å². The van der Waals surface area contributed by atoms with Gasteiger partial charge in [0.05, 0.1) is 19.8 Å². The van der Waals surface area contributed by atoms with Crippen molar-refractivity contribution in [1.29, 1.82) is 0 Å². The van der Waals surface area contributed by atoms with E-state index in [1.54, 1.807) is 30.0 Å². The fraction of sp³-hybridized carbons (Fsp3) is 0.609. The van der Waals surface area contributed by atoms with Gasteiger partial charge in [0.15, 0.2) is 11.5 Å². The van der Waals surface area contributed by atoms with Gasteiger partial charge in [0.25, 0.3) is 5.91 Å². The van der Waals surface area contributed by atoms with Gasteiger partial charge >= 0.3 is 6.09 Å². The molecule has 0 atom stereocenters. The molecule has 0 spiro atoms. The number of piperidine rings is 1. The maximum atomic E-state index is 12.4. The van der Waals surface area contributed by atoms with Gasteiger partial charge in [-0.25, -0.2) is 4.79 Å². The van der Waals surface area contributed by atoms with E-state index in [1.807, 2.05) is 13.8 Å². The van der Waals surface area contributed by atoms with Gasteiger partial charge in [-0.2, -0.15) is 0 Å². The SMILES string of the molecule is CCOC(=O)N1CCC(NC(=O)CCCNC(=O)c2ccc(OC(C)C)c(OC)c2)CC1. The molecule has 0 bridgehead atoms. The van der Waals surface area contributed by atoms with Crippen molar-refractivity contribution in [3.05, 3.63) is 23.8 Å². The molecule has 0 aliphatic carbocycles. The van der Waals surface area contributed by atoms with Crippen molar-refractivity contribution in [2.45, 2.75) is 58.6 Å². The molecule has 2 N–H and O–H groups in total. The summed E-state index contributed by atoms with van der Waals surface area (Å²) < 4.78 is 16.0. The van der Waals surface area contributed by atoms with Crippen LogP contribution in [0.5, 0.6) is 11.5 Å². The smallest absolute Gasteiger partial charge is 0.409 e. The number of benzene rings is 1. The van der Waals surface area contributed by atoms with E-state index in [4.69, 9.17) is 14.2 Å². The molecule has 32 heavy (non-hydrogen) atoms. The van der Waals surface area contributed by atoms with Crippen molar-refractivity contribution in [1.82, 2.24) is 15.5 Å². The molecule has 1 saturated heterocycles. The number of hydrogen-bond acceptors (Lipinski definition) is 6. The van der Waals surface area contributed by atoms with Gasteiger partial charge in [0, 0.05) is 37.7 Å². The number of nitrogens with one attached hydrogen (secondary N) is 2. The van der Waals surface area contributed by atoms with Gasteiger partial charge in [0.1, 0.15) is 0 Å². The number of methoxy groups -OCH3 is 1. The lowest BCUT2D eigenvalue weighted by molar-refractivity contribution is -0.122. The van der Waals surface area contributed by atoms with Crippen molar-refractivity contribution in [3.63, 3.8) is 0 Å². The van der Waals surface area contributed by atoms with Gasteiger partial charge in [0.2, 0.25) is 5.91 Å². The lowest BCUT2D eigenvalue weighted by Gasteiger charge is -2.31. The molecule has 3 amide bonds. The standard InChI is InChI=1S/C23H35N3O6/c1-5-31-23(29)26-13-10-18(11-14-26)25-21(27)7-6-12-24-22(28)17-8-9-19(32-16(2)3)20(15-17)30-4/h8-9,15-16,18H,5-7,10-14H2,1-4H3,(H,24,28)(H,25,27). The summed E-state index contributed by atoms with van der Waals surface area (Å²) in [5.41, 5.74) is 0.468. The second kappa shape index (κ2) is 12.8. The average molecular weight is 450 g/mol. The highest BCUT2D eigenvalue weighted by atomic mass is 16.6. The number of ether oxygens (including phenoxy) is 3. The van der Waals surface area contributed by atoms with Crippen molar-refractivity contribution in [3.8, 4) is 11.5 Å². The molecule has 1 heterocycles. The third-order valence-electron chi connectivity index (χ3n) is 5.04. The Morgan fingerprint density at radius 2 is 1.88 bits per heavy atom. The summed E-state index contributed by atoms with van der Waals surface area (Å²) in [6.45, 7) is 7.51. The zero-order valence-electron chi connectivity index (χ0n) is 19.4. The Kier molecular flexibility index (Phi) is 10.1. The molecule has 9 heteroatoms. The number of nitrogens with zero attached hydrogens (tertiary/aromatic N) is 1. The Morgan fingerprint density at radius 3 is 2.50 bits per heavy atom. The van der Waals surface area contributed by atoms with Crippen LogP contribution < -0.4 is 20.1 Å². The summed E-state index contributed by atoms with van der Waals surface area (Å²) in [6.07, 6.45) is 1.97. The van der Waals surface area contributed by atoms with Crippen LogP contribution in [0.2, 0.25) is 0 Å². The fourth-order valence-electron chi connectivity index (χ4n) is 3.43. The zero-order valence-corrected chi connectivity index (χ0v) is 19.4. The molecular weight excluding hydrogens is 414 g/mol. The number of carbonyl (C=O) groups excluding carboxylic acids is 3. The lowest BCUT2D eigenvalue weighted by atomic mass is 10.1. The highest BCUT2D eigenvalue weighted by Crippen LogP contribution is 2.28. The summed E-state index contributed by atoms with van der Waals surface area (Å²) in [5, 5.41) is 5.83. The number of rotatable bonds is 10. The van der Waals surface area contributed by atoms with Crippen LogP contribution in [0.4, 0.5) is 4.79 Å². The molecule has 9 nitrogen and oxygen atoms in total. The first-order valence-electron chi connectivity index (χ1n) is 11.2. The maximum Gasteiger partial charge on any atom is 0.409 e. The molecule has 0 unspecified atom stereocenters. The van der Waals surface area contributed by atoms with Gasteiger partial charge in [-0.05, 0) is 58.2 Å². The second-order valence-corrected chi connectivity index (χ2v) is 7.92. The maximum absolute atomic E-state index is 12.4. The Labute approximate surface area is 189 Å². The van der Waals surface area contributed by atoms with Gasteiger partial charge < -0.3 is 29.7 Å². The summed E-state index contributed by atoms with van der Waals surface area (Å²) in [5.74, 6) is 0.806. The minimum Gasteiger partial charge on any atom is -0.493 e. The summed E-state index contributed by atoms with van der Waals surface area (Å²) in [6, 6.07) is 5.10. The predicted octanol–water partition coefficient (Wildman–Crippen LogP) is 2.73. The monoisotopic (exact) mass is 449 g/mol. The molecule has 2 rings (SSSR count). The number of carbonyl (C=O) groups is 3. The Hall–Kier alpha value is -2.97. The Balaban J connectivity index is 1.68. The van der Waals surface area contributed by atoms with Crippen LogP contribution in [0.25, 0.3) is 0 Å². The van der Waals surface area contributed by atoms with E-state index in [0.717, 1.165) is 0 Å². The van der Waals surface area contributed by atoms with Crippen LogP contribution in [0.1, 0.15) is 56.8 Å². The van der Waals surface area contributed by atoms with Crippen molar-refractivity contribution in [2.75, 3.05) is 33.4 Å². The van der Waals surface area contributed by atoms with Gasteiger partial charge in [-0.15, -0.1) is 0 Å². The molecule has 1 aliphatic rings. The number of likely N-dealkylation sites (tertiary alicyclic amines) is 1. The minimum atomic E-state index is -0.298. The largest absolute Gasteiger partial charge is 0.493 e. The molecule has 0 aromatic heterocycles. The predicted molar refractivity (Wildman–Crippen MR) is 120 cm³/mol. The molecule has 1 aliphatic heterocycles. The first-order chi connectivity index (χ1) is 15.3. The Morgan fingerprint density at radius 1 is 1.16 bits per heavy atom. The molecule has 1 fully saturated rings. The highest BCUT2D eigenvalue weighted by molar-refractivity contribution is 5.94. The Bertz CT molecular complexity index is 775. The quantitative estimate of drug-likeness (QED) is 0.532. The normalized spacial score (nSPS) is 14.1. The fourth-order valence-corrected chi connectivity index (χ4v) is 3.43. The van der Waals surface area contributed by atoms with Crippen LogP contribution in [0.3, 0.4) is 0 Å². The first-order valence-corrected chi connectivity index (χ1v) is 11.2. The minimum absolute atomic E-state index is 0.000152. The van der Waals surface area contributed by atoms with E-state index in [-0.39, 0.29) is 30.1 Å². The first kappa shape index (κ1) is 25.3. The van der Waals surface area contributed by atoms with Crippen LogP contribution in [-0.2, 0) is 9.53 Å². The summed E-state index contributed by atoms with van der Waals surface area (Å²) in [7, 11) is 1.53. The van der Waals surface area contributed by atoms with Crippen LogP contribution in [0, 0.1) is 0 Å². The number of amides is 3. The zero-order chi connectivity index (χ0) is 23.5. The van der Waals surface area contributed by atoms with Crippen LogP contribution >= 0.6 is 0 Å². The van der Waals surface area contributed by atoms with E-state index in [2.05, 4.69) is 10.6 Å². The van der Waals surface area contributed by atoms with E-state index in [0.29, 0.717) is 69.0 Å². The van der Waals surface area contributed by atoms with Crippen molar-refractivity contribution in [2.24, 2.45) is 0 Å². The van der Waals surface area contributed by atoms with Crippen LogP contribution in [-0.4, -0.2) is 68.3 Å². The molecule has 0 saturated carbocycles. The van der Waals surface area contributed by atoms with E-state index < -0.39 is 0 Å². The third-order valence-corrected chi connectivity index (χ3v) is 5.04. The second-order valence-electron chi connectivity index (χ2n) is 7.92. The topological polar surface area (TPSA) is 106 Å². The average Bonchev–Trinajstić information content (AvgIpc) is 2.77. The van der Waals surface area contributed by atoms with Gasteiger partial charge in [-0.1, -0.05) is 0 Å². The summed E-state index contributed by atoms with van der Waals surface area (Å²) in [4.78, 5) is 38.0. The molecule has 178 valence electrons. The molecule has 1 aromatic carbocycles. The molecule has 0 radical (unpaired) electrons. The van der Waals surface area contributed by atoms with E-state index in [1.165, 1.54) is 7.11 Å². The van der Waals surface area contributed by atoms with E-state index >= 15 is 0 Å². The summed E-state index contributed by atoms with van der Waals surface area (Å²) >= 11 is 0. The van der Waals surface area contributed by atoms with Crippen molar-refractivity contribution >= 4 is 17.9 Å². The molecular formula is C23H35N3O6. The van der Waals surface area contributed by atoms with E-state index in [9.17, 15) is 14.4 Å². The number of hydrogen-bond donors (Lipinski definition) is 2. The lowest BCUT2D eigenvalue weighted by Crippen LogP contribution is -2.46. The van der Waals surface area contributed by atoms with Crippen LogP contribution in [0.15, 0.2) is 18.2 Å². The molecule has 1 aromatic rings. The third kappa shape index (κ3) is 7.94. The highest BCUT2D eigenvalue weighted by Gasteiger charge is 2.24. The van der Waals surface area contributed by atoms with Crippen molar-refractivity contribution < 1.29 is 28.6 Å².